The normalized spacial score (nSPS) is 12.3. The van der Waals surface area contributed by atoms with E-state index < -0.39 is 5.97 Å². The highest BCUT2D eigenvalue weighted by Crippen LogP contribution is 2.32. The predicted molar refractivity (Wildman–Crippen MR) is 109 cm³/mol. The summed E-state index contributed by atoms with van der Waals surface area (Å²) in [5.74, 6) is -1.16. The Morgan fingerprint density at radius 3 is 2.00 bits per heavy atom. The van der Waals surface area contributed by atoms with Gasteiger partial charge in [0, 0.05) is 32.6 Å². The van der Waals surface area contributed by atoms with Crippen molar-refractivity contribution in [1.29, 1.82) is 0 Å². The quantitative estimate of drug-likeness (QED) is 0.628. The van der Waals surface area contributed by atoms with Gasteiger partial charge in [-0.3, -0.25) is 9.59 Å². The molecule has 0 saturated carbocycles. The van der Waals surface area contributed by atoms with E-state index in [0.717, 1.165) is 22.3 Å². The smallest absolute Gasteiger partial charge is 0.318 e. The Bertz CT molecular complexity index is 850. The zero-order valence-electron chi connectivity index (χ0n) is 16.2. The van der Waals surface area contributed by atoms with Gasteiger partial charge in [-0.1, -0.05) is 48.5 Å². The standard InChI is InChI=1S/C22H25N3O4/c26-20(23-13-11-21(27)28)10-5-12-24-22(29)25-14-16-6-1-3-8-18(16)19-9-4-2-7-17(19)15-25/h1-4,6-9H,5,10-15H2,(H,23,26)(H,24,29)(H,27,28). The molecule has 0 aliphatic carbocycles. The van der Waals surface area contributed by atoms with Gasteiger partial charge in [-0.25, -0.2) is 4.79 Å². The molecule has 0 bridgehead atoms. The number of amides is 3. The Hall–Kier alpha value is -3.35. The van der Waals surface area contributed by atoms with E-state index >= 15 is 0 Å². The maximum absolute atomic E-state index is 12.7. The summed E-state index contributed by atoms with van der Waals surface area (Å²) in [4.78, 5) is 36.6. The van der Waals surface area contributed by atoms with Crippen LogP contribution in [0.25, 0.3) is 11.1 Å². The first-order valence-corrected chi connectivity index (χ1v) is 9.72. The number of hydrogen-bond acceptors (Lipinski definition) is 3. The van der Waals surface area contributed by atoms with Crippen molar-refractivity contribution in [2.24, 2.45) is 0 Å². The van der Waals surface area contributed by atoms with Gasteiger partial charge in [0.2, 0.25) is 5.91 Å². The van der Waals surface area contributed by atoms with Crippen molar-refractivity contribution in [2.45, 2.75) is 32.4 Å². The highest BCUT2D eigenvalue weighted by Gasteiger charge is 2.22. The number of carbonyl (C=O) groups is 3. The first-order chi connectivity index (χ1) is 14.0. The fourth-order valence-electron chi connectivity index (χ4n) is 3.41. The number of urea groups is 1. The molecular formula is C22H25N3O4. The van der Waals surface area contributed by atoms with Gasteiger partial charge in [-0.15, -0.1) is 0 Å². The molecule has 3 rings (SSSR count). The Labute approximate surface area is 169 Å². The summed E-state index contributed by atoms with van der Waals surface area (Å²) in [5, 5.41) is 14.0. The lowest BCUT2D eigenvalue weighted by molar-refractivity contribution is -0.136. The molecule has 1 aliphatic heterocycles. The molecule has 7 nitrogen and oxygen atoms in total. The summed E-state index contributed by atoms with van der Waals surface area (Å²) in [6, 6.07) is 16.1. The zero-order chi connectivity index (χ0) is 20.6. The summed E-state index contributed by atoms with van der Waals surface area (Å²) >= 11 is 0. The molecule has 0 spiro atoms. The molecule has 0 fully saturated rings. The van der Waals surface area contributed by atoms with E-state index in [-0.39, 0.29) is 31.3 Å². The number of carboxylic acid groups (broad SMARTS) is 1. The van der Waals surface area contributed by atoms with Crippen LogP contribution < -0.4 is 10.6 Å². The molecule has 1 heterocycles. The van der Waals surface area contributed by atoms with Gasteiger partial charge >= 0.3 is 12.0 Å². The summed E-state index contributed by atoms with van der Waals surface area (Å²) in [6.07, 6.45) is 0.637. The number of benzene rings is 2. The monoisotopic (exact) mass is 395 g/mol. The third-order valence-corrected chi connectivity index (χ3v) is 4.85. The third kappa shape index (κ3) is 5.57. The van der Waals surface area contributed by atoms with Crippen molar-refractivity contribution in [3.05, 3.63) is 59.7 Å². The Morgan fingerprint density at radius 2 is 1.41 bits per heavy atom. The Balaban J connectivity index is 1.53. The lowest BCUT2D eigenvalue weighted by Gasteiger charge is -2.22. The molecule has 0 aromatic heterocycles. The highest BCUT2D eigenvalue weighted by molar-refractivity contribution is 5.78. The van der Waals surface area contributed by atoms with Crippen molar-refractivity contribution in [1.82, 2.24) is 15.5 Å². The molecule has 1 aliphatic rings. The van der Waals surface area contributed by atoms with Gasteiger partial charge in [0.15, 0.2) is 0 Å². The van der Waals surface area contributed by atoms with Crippen molar-refractivity contribution in [3.63, 3.8) is 0 Å². The van der Waals surface area contributed by atoms with Crippen molar-refractivity contribution >= 4 is 17.9 Å². The molecule has 7 heteroatoms. The van der Waals surface area contributed by atoms with E-state index in [2.05, 4.69) is 22.8 Å². The van der Waals surface area contributed by atoms with Crippen LogP contribution in [0.15, 0.2) is 48.5 Å². The first-order valence-electron chi connectivity index (χ1n) is 9.72. The largest absolute Gasteiger partial charge is 0.481 e. The lowest BCUT2D eigenvalue weighted by atomic mass is 9.97. The maximum atomic E-state index is 12.7. The van der Waals surface area contributed by atoms with Crippen molar-refractivity contribution in [3.8, 4) is 11.1 Å². The molecule has 0 radical (unpaired) electrons. The van der Waals surface area contributed by atoms with Crippen LogP contribution in [0.1, 0.15) is 30.4 Å². The average molecular weight is 395 g/mol. The average Bonchev–Trinajstić information content (AvgIpc) is 2.88. The minimum Gasteiger partial charge on any atom is -0.481 e. The highest BCUT2D eigenvalue weighted by atomic mass is 16.4. The maximum Gasteiger partial charge on any atom is 0.318 e. The van der Waals surface area contributed by atoms with Crippen LogP contribution in [-0.2, 0) is 22.7 Å². The molecule has 3 N–H and O–H groups in total. The minimum atomic E-state index is -0.946. The van der Waals surface area contributed by atoms with Crippen LogP contribution in [0, 0.1) is 0 Å². The van der Waals surface area contributed by atoms with Gasteiger partial charge in [-0.05, 0) is 28.7 Å². The number of fused-ring (bicyclic) bond motifs is 3. The molecule has 2 aromatic carbocycles. The van der Waals surface area contributed by atoms with Gasteiger partial charge < -0.3 is 20.6 Å². The van der Waals surface area contributed by atoms with Crippen LogP contribution in [0.5, 0.6) is 0 Å². The van der Waals surface area contributed by atoms with Crippen molar-refractivity contribution in [2.75, 3.05) is 13.1 Å². The number of carboxylic acids is 1. The number of rotatable bonds is 7. The molecule has 29 heavy (non-hydrogen) atoms. The van der Waals surface area contributed by atoms with Crippen molar-refractivity contribution < 1.29 is 19.5 Å². The van der Waals surface area contributed by atoms with E-state index in [1.807, 2.05) is 36.4 Å². The topological polar surface area (TPSA) is 98.7 Å². The van der Waals surface area contributed by atoms with E-state index in [4.69, 9.17) is 5.11 Å². The Morgan fingerprint density at radius 1 is 0.828 bits per heavy atom. The number of nitrogens with zero attached hydrogens (tertiary/aromatic N) is 1. The SMILES string of the molecule is O=C(O)CCNC(=O)CCCNC(=O)N1Cc2ccccc2-c2ccccc2C1. The molecule has 0 saturated heterocycles. The second kappa shape index (κ2) is 9.73. The molecule has 2 aromatic rings. The summed E-state index contributed by atoms with van der Waals surface area (Å²) in [5.41, 5.74) is 4.50. The number of carbonyl (C=O) groups excluding carboxylic acids is 2. The minimum absolute atomic E-state index is 0.0968. The second-order valence-electron chi connectivity index (χ2n) is 7.00. The van der Waals surface area contributed by atoms with Crippen LogP contribution in [-0.4, -0.2) is 41.0 Å². The Kier molecular flexibility index (Phi) is 6.84. The molecular weight excluding hydrogens is 370 g/mol. The van der Waals surface area contributed by atoms with Crippen LogP contribution in [0.2, 0.25) is 0 Å². The van der Waals surface area contributed by atoms with Gasteiger partial charge in [0.25, 0.3) is 0 Å². The van der Waals surface area contributed by atoms with Crippen LogP contribution in [0.3, 0.4) is 0 Å². The number of aliphatic carboxylic acids is 1. The van der Waals surface area contributed by atoms with Gasteiger partial charge in [-0.2, -0.15) is 0 Å². The molecule has 0 unspecified atom stereocenters. The summed E-state index contributed by atoms with van der Waals surface area (Å²) < 4.78 is 0. The van der Waals surface area contributed by atoms with Crippen LogP contribution in [0.4, 0.5) is 4.79 Å². The van der Waals surface area contributed by atoms with Gasteiger partial charge in [0.05, 0.1) is 6.42 Å². The van der Waals surface area contributed by atoms with Gasteiger partial charge in [0.1, 0.15) is 0 Å². The first kappa shape index (κ1) is 20.4. The lowest BCUT2D eigenvalue weighted by Crippen LogP contribution is -2.39. The predicted octanol–water partition coefficient (Wildman–Crippen LogP) is 2.75. The molecule has 152 valence electrons. The third-order valence-electron chi connectivity index (χ3n) is 4.85. The molecule has 3 amide bonds. The summed E-state index contributed by atoms with van der Waals surface area (Å²) in [6.45, 7) is 1.54. The number of nitrogens with one attached hydrogen (secondary N) is 2. The fraction of sp³-hybridized carbons (Fsp3) is 0.318. The van der Waals surface area contributed by atoms with Crippen LogP contribution >= 0.6 is 0 Å². The molecule has 0 atom stereocenters. The van der Waals surface area contributed by atoms with E-state index in [9.17, 15) is 14.4 Å². The second-order valence-corrected chi connectivity index (χ2v) is 7.00. The van der Waals surface area contributed by atoms with E-state index in [1.54, 1.807) is 4.90 Å². The van der Waals surface area contributed by atoms with E-state index in [0.29, 0.717) is 26.1 Å². The van der Waals surface area contributed by atoms with E-state index in [1.165, 1.54) is 0 Å². The summed E-state index contributed by atoms with van der Waals surface area (Å²) in [7, 11) is 0. The number of hydrogen-bond donors (Lipinski definition) is 3. The zero-order valence-corrected chi connectivity index (χ0v) is 16.2. The fourth-order valence-corrected chi connectivity index (χ4v) is 3.41.